The molecule has 1 saturated carbocycles. The molecule has 1 atom stereocenters. The van der Waals surface area contributed by atoms with Crippen LogP contribution in [0.25, 0.3) is 0 Å². The highest BCUT2D eigenvalue weighted by Crippen LogP contribution is 2.28. The molecule has 24 heavy (non-hydrogen) atoms. The standard InChI is InChI=1S/C17H31N3O4/c1-6-18-14(22)17(10-8-7-9-11-17)20-13(21)12(2)19-15(23)24-16(3,4)5/h12H,6-11H2,1-5H3,(H,18,22)(H,19,23)(H,20,21)/t12-/m0/s1. The Morgan fingerprint density at radius 1 is 1.12 bits per heavy atom. The van der Waals surface area contributed by atoms with E-state index in [2.05, 4.69) is 16.0 Å². The second-order valence-electron chi connectivity index (χ2n) is 7.36. The highest BCUT2D eigenvalue weighted by atomic mass is 16.6. The van der Waals surface area contributed by atoms with E-state index in [0.717, 1.165) is 19.3 Å². The topological polar surface area (TPSA) is 96.5 Å². The summed E-state index contributed by atoms with van der Waals surface area (Å²) in [6.07, 6.45) is 3.42. The minimum Gasteiger partial charge on any atom is -0.444 e. The van der Waals surface area contributed by atoms with Crippen molar-refractivity contribution in [2.75, 3.05) is 6.54 Å². The van der Waals surface area contributed by atoms with Crippen molar-refractivity contribution in [2.45, 2.75) is 83.9 Å². The second-order valence-corrected chi connectivity index (χ2v) is 7.36. The van der Waals surface area contributed by atoms with Gasteiger partial charge in [0.2, 0.25) is 11.8 Å². The first-order chi connectivity index (χ1) is 11.1. The summed E-state index contributed by atoms with van der Waals surface area (Å²) in [5.41, 5.74) is -1.51. The van der Waals surface area contributed by atoms with Crippen molar-refractivity contribution in [2.24, 2.45) is 0 Å². The minimum absolute atomic E-state index is 0.150. The molecule has 1 aliphatic carbocycles. The Labute approximate surface area is 144 Å². The molecule has 1 rings (SSSR count). The van der Waals surface area contributed by atoms with Crippen LogP contribution in [0, 0.1) is 0 Å². The average molecular weight is 341 g/mol. The molecule has 3 amide bonds. The van der Waals surface area contributed by atoms with Gasteiger partial charge in [0.1, 0.15) is 17.2 Å². The Hall–Kier alpha value is -1.79. The summed E-state index contributed by atoms with van der Waals surface area (Å²) in [6, 6.07) is -0.784. The van der Waals surface area contributed by atoms with Crippen molar-refractivity contribution in [3.8, 4) is 0 Å². The second kappa shape index (κ2) is 8.35. The van der Waals surface area contributed by atoms with Crippen LogP contribution in [0.15, 0.2) is 0 Å². The van der Waals surface area contributed by atoms with Gasteiger partial charge >= 0.3 is 6.09 Å². The molecule has 0 bridgehead atoms. The quantitative estimate of drug-likeness (QED) is 0.711. The van der Waals surface area contributed by atoms with Crippen LogP contribution in [0.4, 0.5) is 4.79 Å². The summed E-state index contributed by atoms with van der Waals surface area (Å²) < 4.78 is 5.15. The van der Waals surface area contributed by atoms with Crippen LogP contribution in [-0.4, -0.2) is 41.6 Å². The van der Waals surface area contributed by atoms with Crippen molar-refractivity contribution in [3.05, 3.63) is 0 Å². The fourth-order valence-electron chi connectivity index (χ4n) is 2.79. The molecule has 0 radical (unpaired) electrons. The number of hydrogen-bond acceptors (Lipinski definition) is 4. The summed E-state index contributed by atoms with van der Waals surface area (Å²) in [6.45, 7) is 9.20. The zero-order chi connectivity index (χ0) is 18.4. The molecule has 0 heterocycles. The molecule has 0 aromatic carbocycles. The predicted molar refractivity (Wildman–Crippen MR) is 91.5 cm³/mol. The third kappa shape index (κ3) is 6.02. The van der Waals surface area contributed by atoms with Gasteiger partial charge in [0.15, 0.2) is 0 Å². The number of carbonyl (C=O) groups is 3. The monoisotopic (exact) mass is 341 g/mol. The van der Waals surface area contributed by atoms with Crippen molar-refractivity contribution >= 4 is 17.9 Å². The number of likely N-dealkylation sites (N-methyl/N-ethyl adjacent to an activating group) is 1. The van der Waals surface area contributed by atoms with Crippen LogP contribution >= 0.6 is 0 Å². The van der Waals surface area contributed by atoms with E-state index in [1.54, 1.807) is 27.7 Å². The minimum atomic E-state index is -0.880. The summed E-state index contributed by atoms with van der Waals surface area (Å²) in [5, 5.41) is 8.18. The molecule has 0 unspecified atom stereocenters. The first-order valence-corrected chi connectivity index (χ1v) is 8.69. The number of carbonyl (C=O) groups excluding carboxylic acids is 3. The zero-order valence-corrected chi connectivity index (χ0v) is 15.5. The molecule has 0 aromatic rings. The summed E-state index contributed by atoms with van der Waals surface area (Å²) in [4.78, 5) is 36.7. The largest absolute Gasteiger partial charge is 0.444 e. The molecule has 7 heteroatoms. The van der Waals surface area contributed by atoms with Gasteiger partial charge in [-0.25, -0.2) is 4.79 Å². The number of rotatable bonds is 5. The average Bonchev–Trinajstić information content (AvgIpc) is 2.46. The molecule has 0 spiro atoms. The molecular weight excluding hydrogens is 310 g/mol. The number of alkyl carbamates (subject to hydrolysis) is 1. The molecule has 0 aromatic heterocycles. The van der Waals surface area contributed by atoms with E-state index in [9.17, 15) is 14.4 Å². The Morgan fingerprint density at radius 2 is 1.71 bits per heavy atom. The smallest absolute Gasteiger partial charge is 0.408 e. The maximum absolute atomic E-state index is 12.5. The van der Waals surface area contributed by atoms with Crippen molar-refractivity contribution in [1.29, 1.82) is 0 Å². The Kier molecular flexibility index (Phi) is 7.05. The van der Waals surface area contributed by atoms with E-state index in [1.165, 1.54) is 0 Å². The SMILES string of the molecule is CCNC(=O)C1(NC(=O)[C@H](C)NC(=O)OC(C)(C)C)CCCCC1. The van der Waals surface area contributed by atoms with E-state index in [-0.39, 0.29) is 11.8 Å². The maximum atomic E-state index is 12.5. The lowest BCUT2D eigenvalue weighted by Gasteiger charge is -2.37. The predicted octanol–water partition coefficient (Wildman–Crippen LogP) is 1.85. The number of ether oxygens (including phenoxy) is 1. The molecule has 1 aliphatic rings. The van der Waals surface area contributed by atoms with Gasteiger partial charge in [-0.05, 0) is 47.5 Å². The van der Waals surface area contributed by atoms with E-state index in [0.29, 0.717) is 19.4 Å². The van der Waals surface area contributed by atoms with Crippen LogP contribution in [0.5, 0.6) is 0 Å². The van der Waals surface area contributed by atoms with Gasteiger partial charge in [0.25, 0.3) is 0 Å². The molecule has 138 valence electrons. The Balaban J connectivity index is 2.70. The van der Waals surface area contributed by atoms with Gasteiger partial charge in [0.05, 0.1) is 0 Å². The number of hydrogen-bond donors (Lipinski definition) is 3. The van der Waals surface area contributed by atoms with Gasteiger partial charge in [-0.2, -0.15) is 0 Å². The van der Waals surface area contributed by atoms with Crippen molar-refractivity contribution < 1.29 is 19.1 Å². The fourth-order valence-corrected chi connectivity index (χ4v) is 2.79. The van der Waals surface area contributed by atoms with Gasteiger partial charge in [-0.15, -0.1) is 0 Å². The third-order valence-corrected chi connectivity index (χ3v) is 3.97. The van der Waals surface area contributed by atoms with Crippen molar-refractivity contribution in [3.63, 3.8) is 0 Å². The number of amides is 3. The van der Waals surface area contributed by atoms with Crippen LogP contribution < -0.4 is 16.0 Å². The summed E-state index contributed by atoms with van der Waals surface area (Å²) in [7, 11) is 0. The zero-order valence-electron chi connectivity index (χ0n) is 15.5. The molecular formula is C17H31N3O4. The summed E-state index contributed by atoms with van der Waals surface area (Å²) >= 11 is 0. The van der Waals surface area contributed by atoms with E-state index in [1.807, 2.05) is 6.92 Å². The van der Waals surface area contributed by atoms with Crippen LogP contribution in [0.2, 0.25) is 0 Å². The molecule has 3 N–H and O–H groups in total. The van der Waals surface area contributed by atoms with Gasteiger partial charge < -0.3 is 20.7 Å². The van der Waals surface area contributed by atoms with Crippen LogP contribution in [-0.2, 0) is 14.3 Å². The first-order valence-electron chi connectivity index (χ1n) is 8.69. The third-order valence-electron chi connectivity index (χ3n) is 3.97. The number of nitrogens with one attached hydrogen (secondary N) is 3. The molecule has 7 nitrogen and oxygen atoms in total. The highest BCUT2D eigenvalue weighted by Gasteiger charge is 2.41. The van der Waals surface area contributed by atoms with Crippen LogP contribution in [0.3, 0.4) is 0 Å². The lowest BCUT2D eigenvalue weighted by molar-refractivity contribution is -0.135. The summed E-state index contributed by atoms with van der Waals surface area (Å²) in [5.74, 6) is -0.531. The maximum Gasteiger partial charge on any atom is 0.408 e. The van der Waals surface area contributed by atoms with Gasteiger partial charge in [-0.1, -0.05) is 19.3 Å². The van der Waals surface area contributed by atoms with Crippen LogP contribution in [0.1, 0.15) is 66.7 Å². The molecule has 1 fully saturated rings. The highest BCUT2D eigenvalue weighted by molar-refractivity contribution is 5.94. The van der Waals surface area contributed by atoms with E-state index in [4.69, 9.17) is 4.74 Å². The lowest BCUT2D eigenvalue weighted by Crippen LogP contribution is -2.62. The fraction of sp³-hybridized carbons (Fsp3) is 0.824. The van der Waals surface area contributed by atoms with E-state index >= 15 is 0 Å². The van der Waals surface area contributed by atoms with Gasteiger partial charge in [-0.3, -0.25) is 9.59 Å². The van der Waals surface area contributed by atoms with Crippen molar-refractivity contribution in [1.82, 2.24) is 16.0 Å². The molecule has 0 aliphatic heterocycles. The molecule has 0 saturated heterocycles. The first kappa shape index (κ1) is 20.3. The van der Waals surface area contributed by atoms with E-state index < -0.39 is 23.3 Å². The Morgan fingerprint density at radius 3 is 2.21 bits per heavy atom. The Bertz CT molecular complexity index is 465. The lowest BCUT2D eigenvalue weighted by atomic mass is 9.80. The van der Waals surface area contributed by atoms with Gasteiger partial charge in [0, 0.05) is 6.54 Å². The normalized spacial score (nSPS) is 18.2.